The van der Waals surface area contributed by atoms with Crippen molar-refractivity contribution in [1.82, 2.24) is 9.97 Å². The molecule has 1 saturated carbocycles. The molecule has 7 heteroatoms. The Kier molecular flexibility index (Phi) is 3.31. The molecule has 1 fully saturated rings. The highest BCUT2D eigenvalue weighted by Crippen LogP contribution is 2.34. The lowest BCUT2D eigenvalue weighted by molar-refractivity contribution is -0.384. The van der Waals surface area contributed by atoms with Gasteiger partial charge in [0.25, 0.3) is 0 Å². The molecule has 0 atom stereocenters. The van der Waals surface area contributed by atoms with Crippen LogP contribution in [0.25, 0.3) is 0 Å². The van der Waals surface area contributed by atoms with Gasteiger partial charge in [-0.3, -0.25) is 10.1 Å². The predicted octanol–water partition coefficient (Wildman–Crippen LogP) is 2.17. The molecule has 7 nitrogen and oxygen atoms in total. The Morgan fingerprint density at radius 1 is 1.44 bits per heavy atom. The molecular weight excluding hydrogens is 234 g/mol. The van der Waals surface area contributed by atoms with E-state index in [4.69, 9.17) is 0 Å². The highest BCUT2D eigenvalue weighted by atomic mass is 16.6. The van der Waals surface area contributed by atoms with Gasteiger partial charge >= 0.3 is 5.69 Å². The van der Waals surface area contributed by atoms with E-state index in [9.17, 15) is 10.1 Å². The topological polar surface area (TPSA) is 93.0 Å². The second kappa shape index (κ2) is 4.75. The number of nitrogens with zero attached hydrogens (tertiary/aromatic N) is 3. The number of anilines is 2. The Balaban J connectivity index is 2.31. The zero-order chi connectivity index (χ0) is 13.2. The standard InChI is InChI=1S/C11H17N5O2/c1-11(5-3-4-6-11)15-9-8(16(17)18)7-13-10(12-2)14-9/h7H,3-6H2,1-2H3,(H2,12,13,14,15). The molecule has 0 aromatic carbocycles. The second-order valence-corrected chi connectivity index (χ2v) is 4.83. The van der Waals surface area contributed by atoms with Crippen molar-refractivity contribution >= 4 is 17.5 Å². The number of aromatic nitrogens is 2. The first-order chi connectivity index (χ1) is 8.54. The summed E-state index contributed by atoms with van der Waals surface area (Å²) in [5, 5.41) is 17.0. The lowest BCUT2D eigenvalue weighted by atomic mass is 10.0. The van der Waals surface area contributed by atoms with Crippen molar-refractivity contribution in [3.8, 4) is 0 Å². The van der Waals surface area contributed by atoms with Crippen molar-refractivity contribution in [2.24, 2.45) is 0 Å². The van der Waals surface area contributed by atoms with Gasteiger partial charge in [-0.2, -0.15) is 4.98 Å². The molecular formula is C11H17N5O2. The van der Waals surface area contributed by atoms with Gasteiger partial charge < -0.3 is 10.6 Å². The van der Waals surface area contributed by atoms with Crippen LogP contribution in [0.3, 0.4) is 0 Å². The summed E-state index contributed by atoms with van der Waals surface area (Å²) >= 11 is 0. The molecule has 0 amide bonds. The van der Waals surface area contributed by atoms with Crippen LogP contribution < -0.4 is 10.6 Å². The molecule has 1 aliphatic rings. The van der Waals surface area contributed by atoms with Crippen LogP contribution in [-0.2, 0) is 0 Å². The van der Waals surface area contributed by atoms with E-state index in [0.29, 0.717) is 11.8 Å². The van der Waals surface area contributed by atoms with Crippen molar-refractivity contribution < 1.29 is 4.92 Å². The van der Waals surface area contributed by atoms with E-state index >= 15 is 0 Å². The second-order valence-electron chi connectivity index (χ2n) is 4.83. The lowest BCUT2D eigenvalue weighted by Crippen LogP contribution is -2.31. The monoisotopic (exact) mass is 251 g/mol. The third-order valence-electron chi connectivity index (χ3n) is 3.32. The molecule has 0 radical (unpaired) electrons. The van der Waals surface area contributed by atoms with E-state index in [2.05, 4.69) is 27.5 Å². The average Bonchev–Trinajstić information content (AvgIpc) is 2.75. The van der Waals surface area contributed by atoms with Gasteiger partial charge in [0.05, 0.1) is 4.92 Å². The number of nitro groups is 1. The first kappa shape index (κ1) is 12.5. The van der Waals surface area contributed by atoms with Gasteiger partial charge in [-0.05, 0) is 19.8 Å². The lowest BCUT2D eigenvalue weighted by Gasteiger charge is -2.25. The summed E-state index contributed by atoms with van der Waals surface area (Å²) in [4.78, 5) is 18.5. The third-order valence-corrected chi connectivity index (χ3v) is 3.32. The smallest absolute Gasteiger partial charge is 0.329 e. The third kappa shape index (κ3) is 2.49. The van der Waals surface area contributed by atoms with Crippen LogP contribution in [0, 0.1) is 10.1 Å². The minimum absolute atomic E-state index is 0.0814. The minimum atomic E-state index is -0.458. The van der Waals surface area contributed by atoms with Gasteiger partial charge in [0, 0.05) is 12.6 Å². The summed E-state index contributed by atoms with van der Waals surface area (Å²) < 4.78 is 0. The maximum absolute atomic E-state index is 11.0. The van der Waals surface area contributed by atoms with Crippen LogP contribution in [0.15, 0.2) is 6.20 Å². The molecule has 0 saturated heterocycles. The van der Waals surface area contributed by atoms with Crippen LogP contribution in [0.2, 0.25) is 0 Å². The highest BCUT2D eigenvalue weighted by Gasteiger charge is 2.31. The number of hydrogen-bond donors (Lipinski definition) is 2. The number of rotatable bonds is 4. The van der Waals surface area contributed by atoms with Crippen molar-refractivity contribution in [1.29, 1.82) is 0 Å². The molecule has 0 spiro atoms. The average molecular weight is 251 g/mol. The maximum Gasteiger partial charge on any atom is 0.329 e. The van der Waals surface area contributed by atoms with Gasteiger partial charge in [-0.1, -0.05) is 12.8 Å². The van der Waals surface area contributed by atoms with Gasteiger partial charge in [0.2, 0.25) is 11.8 Å². The first-order valence-electron chi connectivity index (χ1n) is 6.01. The number of nitrogens with one attached hydrogen (secondary N) is 2. The molecule has 1 aromatic rings. The van der Waals surface area contributed by atoms with Crippen LogP contribution in [0.5, 0.6) is 0 Å². The van der Waals surface area contributed by atoms with E-state index in [1.54, 1.807) is 7.05 Å². The minimum Gasteiger partial charge on any atom is -0.359 e. The number of hydrogen-bond acceptors (Lipinski definition) is 6. The summed E-state index contributed by atoms with van der Waals surface area (Å²) in [5.41, 5.74) is -0.188. The zero-order valence-corrected chi connectivity index (χ0v) is 10.6. The maximum atomic E-state index is 11.0. The fourth-order valence-corrected chi connectivity index (χ4v) is 2.29. The summed E-state index contributed by atoms with van der Waals surface area (Å²) in [6, 6.07) is 0. The van der Waals surface area contributed by atoms with Gasteiger partial charge in [0.15, 0.2) is 0 Å². The van der Waals surface area contributed by atoms with Crippen molar-refractivity contribution in [2.75, 3.05) is 17.7 Å². The van der Waals surface area contributed by atoms with Crippen molar-refractivity contribution in [3.05, 3.63) is 16.3 Å². The van der Waals surface area contributed by atoms with Crippen LogP contribution in [0.1, 0.15) is 32.6 Å². The Bertz CT molecular complexity index is 457. The summed E-state index contributed by atoms with van der Waals surface area (Å²) in [6.45, 7) is 2.07. The van der Waals surface area contributed by atoms with E-state index in [1.807, 2.05) is 0 Å². The van der Waals surface area contributed by atoms with E-state index in [-0.39, 0.29) is 11.2 Å². The molecule has 1 aromatic heterocycles. The zero-order valence-electron chi connectivity index (χ0n) is 10.6. The van der Waals surface area contributed by atoms with Crippen molar-refractivity contribution in [2.45, 2.75) is 38.1 Å². The fraction of sp³-hybridized carbons (Fsp3) is 0.636. The van der Waals surface area contributed by atoms with Gasteiger partial charge in [-0.15, -0.1) is 0 Å². The van der Waals surface area contributed by atoms with Crippen LogP contribution in [-0.4, -0.2) is 27.5 Å². The Morgan fingerprint density at radius 2 is 2.11 bits per heavy atom. The molecule has 98 valence electrons. The Hall–Kier alpha value is -1.92. The normalized spacial score (nSPS) is 17.4. The summed E-state index contributed by atoms with van der Waals surface area (Å²) in [6.07, 6.45) is 5.52. The van der Waals surface area contributed by atoms with Gasteiger partial charge in [-0.25, -0.2) is 4.98 Å². The predicted molar refractivity (Wildman–Crippen MR) is 68.7 cm³/mol. The molecule has 0 aliphatic heterocycles. The SMILES string of the molecule is CNc1ncc([N+](=O)[O-])c(NC2(C)CCCC2)n1. The quantitative estimate of drug-likeness (QED) is 0.629. The van der Waals surface area contributed by atoms with E-state index in [1.165, 1.54) is 6.20 Å². The van der Waals surface area contributed by atoms with E-state index < -0.39 is 4.92 Å². The molecule has 18 heavy (non-hydrogen) atoms. The Labute approximate surface area is 105 Å². The van der Waals surface area contributed by atoms with E-state index in [0.717, 1.165) is 25.7 Å². The Morgan fingerprint density at radius 3 is 2.67 bits per heavy atom. The highest BCUT2D eigenvalue weighted by molar-refractivity contribution is 5.58. The molecule has 2 rings (SSSR count). The fourth-order valence-electron chi connectivity index (χ4n) is 2.29. The molecule has 1 aliphatic carbocycles. The summed E-state index contributed by atoms with van der Waals surface area (Å²) in [5.74, 6) is 0.674. The molecule has 0 bridgehead atoms. The van der Waals surface area contributed by atoms with Crippen LogP contribution >= 0.6 is 0 Å². The van der Waals surface area contributed by atoms with Crippen molar-refractivity contribution in [3.63, 3.8) is 0 Å². The first-order valence-corrected chi connectivity index (χ1v) is 6.01. The molecule has 0 unspecified atom stereocenters. The summed E-state index contributed by atoms with van der Waals surface area (Å²) in [7, 11) is 1.68. The molecule has 1 heterocycles. The molecule has 2 N–H and O–H groups in total. The van der Waals surface area contributed by atoms with Crippen LogP contribution in [0.4, 0.5) is 17.5 Å². The largest absolute Gasteiger partial charge is 0.359 e. The van der Waals surface area contributed by atoms with Gasteiger partial charge in [0.1, 0.15) is 6.20 Å².